The van der Waals surface area contributed by atoms with Crippen molar-refractivity contribution in [3.63, 3.8) is 0 Å². The number of rotatable bonds is 9. The summed E-state index contributed by atoms with van der Waals surface area (Å²) in [5, 5.41) is 14.4. The second-order valence-electron chi connectivity index (χ2n) is 17.0. The number of benzene rings is 1. The summed E-state index contributed by atoms with van der Waals surface area (Å²) < 4.78 is 25.5. The van der Waals surface area contributed by atoms with Gasteiger partial charge in [-0.05, 0) is 92.6 Å². The zero-order valence-electron chi connectivity index (χ0n) is 34.7. The highest BCUT2D eigenvalue weighted by molar-refractivity contribution is 6.04. The van der Waals surface area contributed by atoms with Gasteiger partial charge in [-0.15, -0.1) is 0 Å². The molecule has 13 heteroatoms. The van der Waals surface area contributed by atoms with Gasteiger partial charge >= 0.3 is 12.0 Å². The van der Waals surface area contributed by atoms with Gasteiger partial charge in [0.1, 0.15) is 17.6 Å². The number of anilines is 1. The molecule has 10 atom stereocenters. The van der Waals surface area contributed by atoms with E-state index in [2.05, 4.69) is 29.0 Å². The van der Waals surface area contributed by atoms with Crippen molar-refractivity contribution in [2.24, 2.45) is 17.3 Å². The summed E-state index contributed by atoms with van der Waals surface area (Å²) in [5.74, 6) is -1.63. The summed E-state index contributed by atoms with van der Waals surface area (Å²) >= 11 is 0. The number of hydrogen-bond donors (Lipinski definition) is 2. The predicted molar refractivity (Wildman–Crippen MR) is 209 cm³/mol. The van der Waals surface area contributed by atoms with E-state index >= 15 is 0 Å². The second-order valence-corrected chi connectivity index (χ2v) is 17.0. The Labute approximate surface area is 324 Å². The molecule has 0 saturated carbocycles. The van der Waals surface area contributed by atoms with E-state index in [4.69, 9.17) is 18.9 Å². The molecule has 2 amide bonds. The molecule has 4 rings (SSSR count). The molecule has 2 N–H and O–H groups in total. The molecule has 0 unspecified atom stereocenters. The van der Waals surface area contributed by atoms with Crippen molar-refractivity contribution in [1.82, 2.24) is 19.6 Å². The molecule has 13 nitrogen and oxygen atoms in total. The van der Waals surface area contributed by atoms with Gasteiger partial charge in [-0.25, -0.2) is 4.79 Å². The van der Waals surface area contributed by atoms with Crippen LogP contribution < -0.4 is 5.32 Å². The Kier molecular flexibility index (Phi) is 15.5. The SMILES string of the molecule is CCCN1C[C@H](C)C[C@@](C)(OC)[C@H](O[C@@H]2O[C@H](C)C[C@H](N(C)C)[C@H]2O)[C@@H](C)C(=O)C(C)(C)C(=O)O[C@@H](C)[C@@H]1CN1CCN(C(=O)Nc2ccccc2)CC1. The van der Waals surface area contributed by atoms with Crippen LogP contribution in [0.3, 0.4) is 0 Å². The third kappa shape index (κ3) is 10.6. The van der Waals surface area contributed by atoms with E-state index in [1.807, 2.05) is 75.0 Å². The number of ketones is 1. The molecule has 3 fully saturated rings. The average Bonchev–Trinajstić information content (AvgIpc) is 3.13. The number of ether oxygens (including phenoxy) is 4. The molecule has 1 aromatic carbocycles. The number of methoxy groups -OCH3 is 1. The van der Waals surface area contributed by atoms with Crippen LogP contribution >= 0.6 is 0 Å². The van der Waals surface area contributed by atoms with Crippen molar-refractivity contribution in [2.75, 3.05) is 72.3 Å². The van der Waals surface area contributed by atoms with Gasteiger partial charge in [-0.3, -0.25) is 19.4 Å². The minimum Gasteiger partial charge on any atom is -0.460 e. The Morgan fingerprint density at radius 3 is 2.28 bits per heavy atom. The Hall–Kier alpha value is -2.65. The van der Waals surface area contributed by atoms with Gasteiger partial charge in [-0.2, -0.15) is 0 Å². The van der Waals surface area contributed by atoms with Gasteiger partial charge in [0.25, 0.3) is 0 Å². The highest BCUT2D eigenvalue weighted by atomic mass is 16.7. The van der Waals surface area contributed by atoms with Crippen LogP contribution in [-0.2, 0) is 28.5 Å². The van der Waals surface area contributed by atoms with Crippen LogP contribution in [-0.4, -0.2) is 158 Å². The molecule has 0 spiro atoms. The number of carbonyl (C=O) groups excluding carboxylic acids is 3. The molecule has 0 bridgehead atoms. The number of nitrogens with zero attached hydrogens (tertiary/aromatic N) is 4. The smallest absolute Gasteiger partial charge is 0.321 e. The van der Waals surface area contributed by atoms with Crippen LogP contribution in [0.25, 0.3) is 0 Å². The molecule has 3 saturated heterocycles. The molecule has 3 heterocycles. The molecule has 306 valence electrons. The Bertz CT molecular complexity index is 1370. The third-order valence-corrected chi connectivity index (χ3v) is 11.9. The van der Waals surface area contributed by atoms with Gasteiger partial charge in [0.05, 0.1) is 23.9 Å². The number of likely N-dealkylation sites (N-methyl/N-ethyl adjacent to an activating group) is 1. The van der Waals surface area contributed by atoms with E-state index < -0.39 is 47.5 Å². The Balaban J connectivity index is 1.60. The van der Waals surface area contributed by atoms with Crippen molar-refractivity contribution in [1.29, 1.82) is 0 Å². The first-order valence-corrected chi connectivity index (χ1v) is 19.9. The third-order valence-electron chi connectivity index (χ3n) is 11.9. The first-order chi connectivity index (χ1) is 25.4. The lowest BCUT2D eigenvalue weighted by atomic mass is 9.74. The lowest BCUT2D eigenvalue weighted by molar-refractivity contribution is -0.295. The van der Waals surface area contributed by atoms with Crippen LogP contribution in [0, 0.1) is 17.3 Å². The molecule has 54 heavy (non-hydrogen) atoms. The maximum Gasteiger partial charge on any atom is 0.321 e. The quantitative estimate of drug-likeness (QED) is 0.276. The van der Waals surface area contributed by atoms with E-state index in [1.165, 1.54) is 0 Å². The normalized spacial score (nSPS) is 35.1. The lowest BCUT2D eigenvalue weighted by Crippen LogP contribution is -2.59. The largest absolute Gasteiger partial charge is 0.460 e. The topological polar surface area (TPSA) is 133 Å². The zero-order chi connectivity index (χ0) is 40.0. The molecule has 0 radical (unpaired) electrons. The van der Waals surface area contributed by atoms with Crippen LogP contribution in [0.4, 0.5) is 10.5 Å². The fourth-order valence-corrected chi connectivity index (χ4v) is 8.63. The van der Waals surface area contributed by atoms with Gasteiger partial charge in [0.2, 0.25) is 0 Å². The summed E-state index contributed by atoms with van der Waals surface area (Å²) in [6, 6.07) is 8.98. The van der Waals surface area contributed by atoms with Gasteiger partial charge in [0, 0.05) is 64.0 Å². The fourth-order valence-electron chi connectivity index (χ4n) is 8.63. The molecule has 0 aliphatic carbocycles. The molecular formula is C41H69N5O8. The molecule has 3 aliphatic rings. The number of aliphatic hydroxyl groups is 1. The highest BCUT2D eigenvalue weighted by Gasteiger charge is 2.52. The molecular weight excluding hydrogens is 690 g/mol. The van der Waals surface area contributed by atoms with Crippen molar-refractivity contribution >= 4 is 23.5 Å². The first-order valence-electron chi connectivity index (χ1n) is 19.9. The van der Waals surface area contributed by atoms with Crippen molar-refractivity contribution < 1.29 is 38.4 Å². The highest BCUT2D eigenvalue weighted by Crippen LogP contribution is 2.38. The predicted octanol–water partition coefficient (Wildman–Crippen LogP) is 4.34. The maximum absolute atomic E-state index is 14.5. The number of Topliss-reactive ketones (excluding diaryl/α,β-unsaturated/α-hetero) is 1. The summed E-state index contributed by atoms with van der Waals surface area (Å²) in [6.07, 6.45) is -1.42. The molecule has 3 aliphatic heterocycles. The van der Waals surface area contributed by atoms with Gasteiger partial charge in [-0.1, -0.05) is 39.0 Å². The number of urea groups is 1. The number of nitrogens with one attached hydrogen (secondary N) is 1. The number of esters is 1. The summed E-state index contributed by atoms with van der Waals surface area (Å²) in [7, 11) is 5.48. The first kappa shape index (κ1) is 44.1. The Morgan fingerprint density at radius 1 is 1.04 bits per heavy atom. The molecule has 0 aromatic heterocycles. The Morgan fingerprint density at radius 2 is 1.69 bits per heavy atom. The summed E-state index contributed by atoms with van der Waals surface area (Å²) in [5.41, 5.74) is -1.71. The lowest BCUT2D eigenvalue weighted by Gasteiger charge is -2.47. The van der Waals surface area contributed by atoms with E-state index in [1.54, 1.807) is 27.9 Å². The second kappa shape index (κ2) is 19.0. The summed E-state index contributed by atoms with van der Waals surface area (Å²) in [4.78, 5) is 50.2. The standard InChI is InChI=1S/C41H69N5O8/c1-12-18-46-25-27(2)24-41(8,51-11)36(54-37-34(47)32(43(9)10)23-28(3)52-37)29(4)35(48)40(6,7)38(49)53-30(5)33(46)26-44-19-21-45(22-20-44)39(50)42-31-16-14-13-15-17-31/h13-17,27-30,32-34,36-37,47H,12,18-26H2,1-11H3,(H,42,50)/t27-,28-,29+,30+,32+,33+,34-,36-,37+,41-/m1/s1. The molecule has 1 aromatic rings. The number of piperazine rings is 1. The van der Waals surface area contributed by atoms with Gasteiger partial charge < -0.3 is 39.2 Å². The number of aliphatic hydroxyl groups excluding tert-OH is 1. The van der Waals surface area contributed by atoms with Crippen molar-refractivity contribution in [2.45, 2.75) is 123 Å². The van der Waals surface area contributed by atoms with Gasteiger partial charge in [0.15, 0.2) is 12.1 Å². The fraction of sp³-hybridized carbons (Fsp3) is 0.780. The number of amides is 2. The van der Waals surface area contributed by atoms with Crippen LogP contribution in [0.5, 0.6) is 0 Å². The maximum atomic E-state index is 14.5. The van der Waals surface area contributed by atoms with E-state index in [9.17, 15) is 19.5 Å². The summed E-state index contributed by atoms with van der Waals surface area (Å²) in [6.45, 7) is 19.8. The number of para-hydroxylation sites is 1. The zero-order valence-corrected chi connectivity index (χ0v) is 34.7. The number of cyclic esters (lactones) is 1. The number of hydrogen-bond acceptors (Lipinski definition) is 11. The van der Waals surface area contributed by atoms with Crippen LogP contribution in [0.1, 0.15) is 74.7 Å². The number of carbonyl (C=O) groups is 3. The van der Waals surface area contributed by atoms with E-state index in [0.29, 0.717) is 52.1 Å². The minimum absolute atomic E-state index is 0.0817. The average molecular weight is 760 g/mol. The van der Waals surface area contributed by atoms with Crippen LogP contribution in [0.2, 0.25) is 0 Å². The van der Waals surface area contributed by atoms with E-state index in [-0.39, 0.29) is 35.9 Å². The van der Waals surface area contributed by atoms with Crippen molar-refractivity contribution in [3.05, 3.63) is 30.3 Å². The van der Waals surface area contributed by atoms with Crippen LogP contribution in [0.15, 0.2) is 30.3 Å². The monoisotopic (exact) mass is 760 g/mol. The minimum atomic E-state index is -1.49. The van der Waals surface area contributed by atoms with E-state index in [0.717, 1.165) is 18.7 Å². The van der Waals surface area contributed by atoms with Crippen molar-refractivity contribution in [3.8, 4) is 0 Å².